The van der Waals surface area contributed by atoms with E-state index in [4.69, 9.17) is 16.3 Å². The number of carbonyl (C=O) groups excluding carboxylic acids is 1. The molecule has 2 heterocycles. The summed E-state index contributed by atoms with van der Waals surface area (Å²) in [6.07, 6.45) is 3.86. The number of halogens is 1. The van der Waals surface area contributed by atoms with Crippen LogP contribution in [0.25, 0.3) is 0 Å². The first-order valence-electron chi connectivity index (χ1n) is 4.50. The van der Waals surface area contributed by atoms with Crippen molar-refractivity contribution >= 4 is 17.4 Å². The Labute approximate surface area is 87.0 Å². The minimum Gasteiger partial charge on any atom is -0.381 e. The van der Waals surface area contributed by atoms with Crippen LogP contribution in [0.3, 0.4) is 0 Å². The summed E-state index contributed by atoms with van der Waals surface area (Å²) < 4.78 is 5.16. The molecule has 0 saturated carbocycles. The zero-order valence-corrected chi connectivity index (χ0v) is 8.33. The Kier molecular flexibility index (Phi) is 2.79. The average Bonchev–Trinajstić information content (AvgIpc) is 2.70. The van der Waals surface area contributed by atoms with Crippen molar-refractivity contribution in [3.8, 4) is 0 Å². The molecule has 0 bridgehead atoms. The first-order chi connectivity index (χ1) is 6.79. The van der Waals surface area contributed by atoms with Gasteiger partial charge in [-0.15, -0.1) is 0 Å². The van der Waals surface area contributed by atoms with Crippen molar-refractivity contribution in [1.29, 1.82) is 0 Å². The van der Waals surface area contributed by atoms with Gasteiger partial charge in [-0.3, -0.25) is 9.78 Å². The van der Waals surface area contributed by atoms with Crippen LogP contribution in [0.15, 0.2) is 18.5 Å². The molecule has 0 spiro atoms. The van der Waals surface area contributed by atoms with Crippen molar-refractivity contribution in [3.05, 3.63) is 29.0 Å². The van der Waals surface area contributed by atoms with E-state index in [2.05, 4.69) is 4.98 Å². The molecule has 0 aliphatic carbocycles. The molecule has 1 unspecified atom stereocenters. The summed E-state index contributed by atoms with van der Waals surface area (Å²) in [5, 5.41) is 0.421. The van der Waals surface area contributed by atoms with Crippen molar-refractivity contribution in [2.24, 2.45) is 5.92 Å². The van der Waals surface area contributed by atoms with Crippen LogP contribution in [-0.4, -0.2) is 24.0 Å². The van der Waals surface area contributed by atoms with E-state index in [9.17, 15) is 4.79 Å². The molecule has 1 aromatic rings. The second-order valence-corrected chi connectivity index (χ2v) is 3.69. The quantitative estimate of drug-likeness (QED) is 0.702. The highest BCUT2D eigenvalue weighted by molar-refractivity contribution is 6.33. The molecule has 1 fully saturated rings. The third-order valence-corrected chi connectivity index (χ3v) is 2.64. The second kappa shape index (κ2) is 4.07. The van der Waals surface area contributed by atoms with Crippen LogP contribution in [-0.2, 0) is 4.74 Å². The normalized spacial score (nSPS) is 21.1. The maximum atomic E-state index is 11.9. The van der Waals surface area contributed by atoms with Gasteiger partial charge in [-0.25, -0.2) is 0 Å². The van der Waals surface area contributed by atoms with E-state index in [0.29, 0.717) is 23.8 Å². The van der Waals surface area contributed by atoms with Crippen molar-refractivity contribution in [3.63, 3.8) is 0 Å². The minimum absolute atomic E-state index is 0.0325. The SMILES string of the molecule is O=C(c1ccncc1Cl)C1CCOC1. The van der Waals surface area contributed by atoms with Gasteiger partial charge < -0.3 is 4.74 Å². The van der Waals surface area contributed by atoms with Gasteiger partial charge in [0.15, 0.2) is 5.78 Å². The molecule has 74 valence electrons. The Hall–Kier alpha value is -0.930. The van der Waals surface area contributed by atoms with E-state index >= 15 is 0 Å². The van der Waals surface area contributed by atoms with Crippen molar-refractivity contribution in [1.82, 2.24) is 4.98 Å². The highest BCUT2D eigenvalue weighted by Gasteiger charge is 2.25. The molecule has 0 radical (unpaired) electrons. The minimum atomic E-state index is -0.0325. The molecule has 1 atom stereocenters. The summed E-state index contributed by atoms with van der Waals surface area (Å²) in [7, 11) is 0. The highest BCUT2D eigenvalue weighted by Crippen LogP contribution is 2.22. The van der Waals surface area contributed by atoms with Gasteiger partial charge >= 0.3 is 0 Å². The standard InChI is InChI=1S/C10H10ClNO2/c11-9-5-12-3-1-8(9)10(13)7-2-4-14-6-7/h1,3,5,7H,2,4,6H2. The zero-order valence-electron chi connectivity index (χ0n) is 7.57. The summed E-state index contributed by atoms with van der Waals surface area (Å²) in [6.45, 7) is 1.18. The molecule has 14 heavy (non-hydrogen) atoms. The smallest absolute Gasteiger partial charge is 0.169 e. The second-order valence-electron chi connectivity index (χ2n) is 3.28. The van der Waals surface area contributed by atoms with E-state index in [1.54, 1.807) is 12.3 Å². The average molecular weight is 212 g/mol. The molecule has 1 aromatic heterocycles. The number of aromatic nitrogens is 1. The monoisotopic (exact) mass is 211 g/mol. The van der Waals surface area contributed by atoms with Gasteiger partial charge in [0.2, 0.25) is 0 Å². The number of ether oxygens (including phenoxy) is 1. The van der Waals surface area contributed by atoms with Gasteiger partial charge in [0.05, 0.1) is 11.6 Å². The molecule has 3 nitrogen and oxygen atoms in total. The Morgan fingerprint density at radius 1 is 1.64 bits per heavy atom. The third-order valence-electron chi connectivity index (χ3n) is 2.34. The predicted molar refractivity (Wildman–Crippen MR) is 52.5 cm³/mol. The van der Waals surface area contributed by atoms with Gasteiger partial charge in [0.25, 0.3) is 0 Å². The van der Waals surface area contributed by atoms with Crippen LogP contribution >= 0.6 is 11.6 Å². The lowest BCUT2D eigenvalue weighted by atomic mass is 9.98. The Bertz CT molecular complexity index is 348. The first kappa shape index (κ1) is 9.62. The molecular weight excluding hydrogens is 202 g/mol. The number of ketones is 1. The molecule has 1 saturated heterocycles. The van der Waals surface area contributed by atoms with Crippen LogP contribution in [0.1, 0.15) is 16.8 Å². The van der Waals surface area contributed by atoms with Crippen LogP contribution in [0.5, 0.6) is 0 Å². The van der Waals surface area contributed by atoms with Gasteiger partial charge in [-0.1, -0.05) is 11.6 Å². The summed E-state index contributed by atoms with van der Waals surface area (Å²) in [5.74, 6) is 0.0322. The van der Waals surface area contributed by atoms with E-state index in [-0.39, 0.29) is 11.7 Å². The maximum absolute atomic E-state index is 11.9. The molecule has 0 N–H and O–H groups in total. The summed E-state index contributed by atoms with van der Waals surface area (Å²) in [6, 6.07) is 1.66. The van der Waals surface area contributed by atoms with Crippen molar-refractivity contribution in [2.45, 2.75) is 6.42 Å². The highest BCUT2D eigenvalue weighted by atomic mass is 35.5. The van der Waals surface area contributed by atoms with Crippen LogP contribution in [0.4, 0.5) is 0 Å². The van der Waals surface area contributed by atoms with Crippen molar-refractivity contribution < 1.29 is 9.53 Å². The number of nitrogens with zero attached hydrogens (tertiary/aromatic N) is 1. The third kappa shape index (κ3) is 1.79. The lowest BCUT2D eigenvalue weighted by Gasteiger charge is -2.07. The fraction of sp³-hybridized carbons (Fsp3) is 0.400. The first-order valence-corrected chi connectivity index (χ1v) is 4.88. The molecule has 0 amide bonds. The van der Waals surface area contributed by atoms with E-state index in [0.717, 1.165) is 6.42 Å². The summed E-state index contributed by atoms with van der Waals surface area (Å²) in [4.78, 5) is 15.7. The summed E-state index contributed by atoms with van der Waals surface area (Å²) in [5.41, 5.74) is 0.553. The zero-order chi connectivity index (χ0) is 9.97. The summed E-state index contributed by atoms with van der Waals surface area (Å²) >= 11 is 5.87. The number of hydrogen-bond donors (Lipinski definition) is 0. The molecule has 0 aromatic carbocycles. The Morgan fingerprint density at radius 3 is 3.14 bits per heavy atom. The number of Topliss-reactive ketones (excluding diaryl/α,β-unsaturated/α-hetero) is 1. The van der Waals surface area contributed by atoms with Gasteiger partial charge in [0.1, 0.15) is 0 Å². The van der Waals surface area contributed by atoms with Gasteiger partial charge in [0, 0.05) is 30.5 Å². The molecule has 1 aliphatic rings. The van der Waals surface area contributed by atoms with E-state index in [1.807, 2.05) is 0 Å². The lowest BCUT2D eigenvalue weighted by molar-refractivity contribution is 0.0900. The Balaban J connectivity index is 2.22. The molecule has 1 aliphatic heterocycles. The fourth-order valence-corrected chi connectivity index (χ4v) is 1.75. The van der Waals surface area contributed by atoms with E-state index < -0.39 is 0 Å². The van der Waals surface area contributed by atoms with Gasteiger partial charge in [-0.05, 0) is 12.5 Å². The number of hydrogen-bond acceptors (Lipinski definition) is 3. The van der Waals surface area contributed by atoms with Crippen LogP contribution in [0.2, 0.25) is 5.02 Å². The predicted octanol–water partition coefficient (Wildman–Crippen LogP) is 1.95. The van der Waals surface area contributed by atoms with Crippen molar-refractivity contribution in [2.75, 3.05) is 13.2 Å². The number of carbonyl (C=O) groups is 1. The van der Waals surface area contributed by atoms with E-state index in [1.165, 1.54) is 6.20 Å². The molecule has 4 heteroatoms. The topological polar surface area (TPSA) is 39.2 Å². The molecular formula is C10H10ClNO2. The van der Waals surface area contributed by atoms with Gasteiger partial charge in [-0.2, -0.15) is 0 Å². The van der Waals surface area contributed by atoms with Crippen LogP contribution < -0.4 is 0 Å². The van der Waals surface area contributed by atoms with Crippen LogP contribution in [0, 0.1) is 5.92 Å². The largest absolute Gasteiger partial charge is 0.381 e. The Morgan fingerprint density at radius 2 is 2.50 bits per heavy atom. The maximum Gasteiger partial charge on any atom is 0.169 e. The fourth-order valence-electron chi connectivity index (χ4n) is 1.54. The molecule has 2 rings (SSSR count). The lowest BCUT2D eigenvalue weighted by Crippen LogP contribution is -2.15. The number of rotatable bonds is 2. The number of pyridine rings is 1.